The zero-order valence-electron chi connectivity index (χ0n) is 13.4. The molecule has 3 aromatic rings. The number of carbonyl (C=O) groups is 1. The standard InChI is InChI=1S/C18H16FN3O2S/c19-14-3-1-12(2-4-14)18-20-16(24-21-18)5-6-17(23)22-9-7-15-13(11-22)8-10-25-15/h1-4,8,10H,5-7,9,11H2. The van der Waals surface area contributed by atoms with Gasteiger partial charge in [0.2, 0.25) is 17.6 Å². The van der Waals surface area contributed by atoms with Gasteiger partial charge in [-0.15, -0.1) is 11.3 Å². The predicted molar refractivity (Wildman–Crippen MR) is 91.5 cm³/mol. The van der Waals surface area contributed by atoms with Crippen LogP contribution in [0.1, 0.15) is 22.8 Å². The summed E-state index contributed by atoms with van der Waals surface area (Å²) in [5, 5.41) is 5.97. The number of thiophene rings is 1. The number of fused-ring (bicyclic) bond motifs is 1. The van der Waals surface area contributed by atoms with E-state index >= 15 is 0 Å². The molecule has 0 radical (unpaired) electrons. The highest BCUT2D eigenvalue weighted by molar-refractivity contribution is 7.10. The Morgan fingerprint density at radius 2 is 2.12 bits per heavy atom. The van der Waals surface area contributed by atoms with Gasteiger partial charge in [-0.05, 0) is 47.7 Å². The van der Waals surface area contributed by atoms with Gasteiger partial charge >= 0.3 is 0 Å². The molecule has 7 heteroatoms. The maximum absolute atomic E-state index is 13.0. The fraction of sp³-hybridized carbons (Fsp3) is 0.278. The number of aryl methyl sites for hydroxylation is 1. The summed E-state index contributed by atoms with van der Waals surface area (Å²) < 4.78 is 18.2. The van der Waals surface area contributed by atoms with E-state index in [-0.39, 0.29) is 11.7 Å². The van der Waals surface area contributed by atoms with Crippen molar-refractivity contribution in [2.75, 3.05) is 6.54 Å². The lowest BCUT2D eigenvalue weighted by atomic mass is 10.1. The van der Waals surface area contributed by atoms with Crippen molar-refractivity contribution in [3.05, 3.63) is 57.9 Å². The van der Waals surface area contributed by atoms with E-state index in [0.717, 1.165) is 13.0 Å². The SMILES string of the molecule is O=C(CCc1nc(-c2ccc(F)cc2)no1)N1CCc2sccc2C1. The molecule has 3 heterocycles. The summed E-state index contributed by atoms with van der Waals surface area (Å²) >= 11 is 1.76. The maximum atomic E-state index is 13.0. The minimum Gasteiger partial charge on any atom is -0.339 e. The molecule has 0 N–H and O–H groups in total. The van der Waals surface area contributed by atoms with Gasteiger partial charge < -0.3 is 9.42 Å². The molecule has 0 atom stereocenters. The monoisotopic (exact) mass is 357 g/mol. The molecule has 128 valence electrons. The molecule has 0 saturated heterocycles. The zero-order valence-corrected chi connectivity index (χ0v) is 14.3. The lowest BCUT2D eigenvalue weighted by molar-refractivity contribution is -0.132. The van der Waals surface area contributed by atoms with E-state index in [0.29, 0.717) is 36.7 Å². The summed E-state index contributed by atoms with van der Waals surface area (Å²) in [6.07, 6.45) is 1.67. The summed E-state index contributed by atoms with van der Waals surface area (Å²) in [5.74, 6) is 0.607. The van der Waals surface area contributed by atoms with Crippen LogP contribution in [0.25, 0.3) is 11.4 Å². The molecule has 0 spiro atoms. The number of rotatable bonds is 4. The van der Waals surface area contributed by atoms with Crippen molar-refractivity contribution in [1.82, 2.24) is 15.0 Å². The quantitative estimate of drug-likeness (QED) is 0.717. The summed E-state index contributed by atoms with van der Waals surface area (Å²) in [6, 6.07) is 7.99. The van der Waals surface area contributed by atoms with Crippen LogP contribution < -0.4 is 0 Å². The van der Waals surface area contributed by atoms with Gasteiger partial charge in [0.05, 0.1) is 0 Å². The smallest absolute Gasteiger partial charge is 0.227 e. The van der Waals surface area contributed by atoms with Crippen molar-refractivity contribution in [2.45, 2.75) is 25.8 Å². The van der Waals surface area contributed by atoms with E-state index < -0.39 is 0 Å². The first-order chi connectivity index (χ1) is 12.2. The normalized spacial score (nSPS) is 13.7. The van der Waals surface area contributed by atoms with Crippen LogP contribution in [0.4, 0.5) is 4.39 Å². The number of hydrogen-bond acceptors (Lipinski definition) is 5. The van der Waals surface area contributed by atoms with Crippen molar-refractivity contribution in [3.63, 3.8) is 0 Å². The molecule has 5 nitrogen and oxygen atoms in total. The van der Waals surface area contributed by atoms with E-state index in [2.05, 4.69) is 21.6 Å². The third kappa shape index (κ3) is 3.46. The predicted octanol–water partition coefficient (Wildman–Crippen LogP) is 3.45. The molecule has 4 rings (SSSR count). The molecule has 1 amide bonds. The zero-order chi connectivity index (χ0) is 17.2. The Labute approximate surface area is 148 Å². The number of aromatic nitrogens is 2. The first-order valence-corrected chi connectivity index (χ1v) is 8.98. The van der Waals surface area contributed by atoms with Crippen LogP contribution >= 0.6 is 11.3 Å². The highest BCUT2D eigenvalue weighted by Gasteiger charge is 2.21. The third-order valence-corrected chi connectivity index (χ3v) is 5.31. The van der Waals surface area contributed by atoms with Gasteiger partial charge in [0.25, 0.3) is 0 Å². The van der Waals surface area contributed by atoms with Crippen molar-refractivity contribution < 1.29 is 13.7 Å². The number of carbonyl (C=O) groups excluding carboxylic acids is 1. The van der Waals surface area contributed by atoms with Gasteiger partial charge in [0.1, 0.15) is 5.82 Å². The number of nitrogens with zero attached hydrogens (tertiary/aromatic N) is 3. The maximum Gasteiger partial charge on any atom is 0.227 e. The second kappa shape index (κ2) is 6.76. The van der Waals surface area contributed by atoms with Gasteiger partial charge in [-0.1, -0.05) is 5.16 Å². The topological polar surface area (TPSA) is 59.2 Å². The second-order valence-corrected chi connectivity index (χ2v) is 6.95. The molecule has 0 saturated carbocycles. The molecule has 1 aliphatic rings. The first kappa shape index (κ1) is 16.0. The summed E-state index contributed by atoms with van der Waals surface area (Å²) in [4.78, 5) is 20.0. The largest absolute Gasteiger partial charge is 0.339 e. The average molecular weight is 357 g/mol. The number of benzene rings is 1. The summed E-state index contributed by atoms with van der Waals surface area (Å²) in [5.41, 5.74) is 1.93. The number of amides is 1. The van der Waals surface area contributed by atoms with Gasteiger partial charge in [-0.25, -0.2) is 4.39 Å². The van der Waals surface area contributed by atoms with E-state index in [1.54, 1.807) is 23.5 Å². The molecule has 0 bridgehead atoms. The summed E-state index contributed by atoms with van der Waals surface area (Å²) in [7, 11) is 0. The highest BCUT2D eigenvalue weighted by atomic mass is 32.1. The van der Waals surface area contributed by atoms with Crippen molar-refractivity contribution >= 4 is 17.2 Å². The Balaban J connectivity index is 1.36. The fourth-order valence-corrected chi connectivity index (χ4v) is 3.80. The molecule has 2 aromatic heterocycles. The van der Waals surface area contributed by atoms with Crippen LogP contribution in [0.15, 0.2) is 40.2 Å². The average Bonchev–Trinajstić information content (AvgIpc) is 3.29. The van der Waals surface area contributed by atoms with Crippen LogP contribution in [0.2, 0.25) is 0 Å². The molecule has 0 fully saturated rings. The van der Waals surface area contributed by atoms with Crippen LogP contribution in [-0.2, 0) is 24.2 Å². The van der Waals surface area contributed by atoms with Gasteiger partial charge in [0.15, 0.2) is 0 Å². The van der Waals surface area contributed by atoms with Crippen molar-refractivity contribution in [2.24, 2.45) is 0 Å². The first-order valence-electron chi connectivity index (χ1n) is 8.10. The Hall–Kier alpha value is -2.54. The van der Waals surface area contributed by atoms with Crippen LogP contribution in [0.5, 0.6) is 0 Å². The van der Waals surface area contributed by atoms with Crippen LogP contribution in [0.3, 0.4) is 0 Å². The molecule has 0 aliphatic carbocycles. The number of hydrogen-bond donors (Lipinski definition) is 0. The molecule has 1 aliphatic heterocycles. The van der Waals surface area contributed by atoms with E-state index in [1.807, 2.05) is 4.90 Å². The molecule has 0 unspecified atom stereocenters. The second-order valence-electron chi connectivity index (χ2n) is 5.95. The summed E-state index contributed by atoms with van der Waals surface area (Å²) in [6.45, 7) is 1.44. The minimum atomic E-state index is -0.312. The molecular formula is C18H16FN3O2S. The van der Waals surface area contributed by atoms with Gasteiger partial charge in [-0.2, -0.15) is 4.98 Å². The van der Waals surface area contributed by atoms with Crippen molar-refractivity contribution in [1.29, 1.82) is 0 Å². The Morgan fingerprint density at radius 1 is 1.28 bits per heavy atom. The lowest BCUT2D eigenvalue weighted by Gasteiger charge is -2.26. The van der Waals surface area contributed by atoms with Crippen LogP contribution in [-0.4, -0.2) is 27.5 Å². The highest BCUT2D eigenvalue weighted by Crippen LogP contribution is 2.24. The van der Waals surface area contributed by atoms with E-state index in [1.165, 1.54) is 22.6 Å². The Morgan fingerprint density at radius 3 is 2.96 bits per heavy atom. The van der Waals surface area contributed by atoms with E-state index in [4.69, 9.17) is 4.52 Å². The molecule has 1 aromatic carbocycles. The number of halogens is 1. The molecule has 25 heavy (non-hydrogen) atoms. The Bertz CT molecular complexity index is 888. The molecular weight excluding hydrogens is 341 g/mol. The lowest BCUT2D eigenvalue weighted by Crippen LogP contribution is -2.35. The Kier molecular flexibility index (Phi) is 4.31. The minimum absolute atomic E-state index is 0.0957. The van der Waals surface area contributed by atoms with Gasteiger partial charge in [-0.3, -0.25) is 4.79 Å². The van der Waals surface area contributed by atoms with Crippen LogP contribution in [0, 0.1) is 5.82 Å². The van der Waals surface area contributed by atoms with Gasteiger partial charge in [0, 0.05) is 36.4 Å². The fourth-order valence-electron chi connectivity index (χ4n) is 2.91. The van der Waals surface area contributed by atoms with E-state index in [9.17, 15) is 9.18 Å². The van der Waals surface area contributed by atoms with Crippen molar-refractivity contribution in [3.8, 4) is 11.4 Å². The third-order valence-electron chi connectivity index (χ3n) is 4.28.